The summed E-state index contributed by atoms with van der Waals surface area (Å²) in [6.07, 6.45) is 1.48. The molecule has 1 atom stereocenters. The van der Waals surface area contributed by atoms with Gasteiger partial charge in [0.2, 0.25) is 5.91 Å². The van der Waals surface area contributed by atoms with E-state index in [4.69, 9.17) is 9.47 Å². The highest BCUT2D eigenvalue weighted by atomic mass is 32.1. The van der Waals surface area contributed by atoms with Crippen LogP contribution in [-0.2, 0) is 22.5 Å². The third-order valence-electron chi connectivity index (χ3n) is 4.11. The minimum atomic E-state index is 0.0353. The Morgan fingerprint density at radius 3 is 3.08 bits per heavy atom. The summed E-state index contributed by atoms with van der Waals surface area (Å²) in [7, 11) is 0. The number of carbonyl (C=O) groups excluding carboxylic acids is 1. The summed E-state index contributed by atoms with van der Waals surface area (Å²) in [5.41, 5.74) is 2.17. The van der Waals surface area contributed by atoms with Crippen molar-refractivity contribution in [3.05, 3.63) is 51.7 Å². The van der Waals surface area contributed by atoms with Gasteiger partial charge in [-0.05, 0) is 36.4 Å². The summed E-state index contributed by atoms with van der Waals surface area (Å²) >= 11 is 1.60. The van der Waals surface area contributed by atoms with Crippen LogP contribution in [0.4, 0.5) is 0 Å². The largest absolute Gasteiger partial charge is 0.493 e. The normalized spacial score (nSPS) is 17.0. The lowest BCUT2D eigenvalue weighted by Crippen LogP contribution is -2.24. The zero-order valence-electron chi connectivity index (χ0n) is 13.9. The van der Waals surface area contributed by atoms with Gasteiger partial charge >= 0.3 is 0 Å². The Morgan fingerprint density at radius 1 is 1.42 bits per heavy atom. The fourth-order valence-corrected chi connectivity index (χ4v) is 3.40. The molecule has 1 aliphatic rings. The summed E-state index contributed by atoms with van der Waals surface area (Å²) in [6.45, 7) is 4.80. The Labute approximate surface area is 146 Å². The number of amides is 1. The van der Waals surface area contributed by atoms with E-state index in [1.165, 1.54) is 0 Å². The van der Waals surface area contributed by atoms with E-state index in [0.717, 1.165) is 41.4 Å². The molecule has 4 nitrogen and oxygen atoms in total. The predicted molar refractivity (Wildman–Crippen MR) is 95.5 cm³/mol. The number of nitrogens with one attached hydrogen (secondary N) is 1. The van der Waals surface area contributed by atoms with Gasteiger partial charge in [-0.1, -0.05) is 18.2 Å². The number of thiophene rings is 1. The lowest BCUT2D eigenvalue weighted by molar-refractivity contribution is -0.120. The molecule has 128 valence electrons. The monoisotopic (exact) mass is 345 g/mol. The SMILES string of the molecule is Cc1ccc(CNC(=O)Cc2cccs2)c(OCC2CCOC2)c1. The first-order valence-electron chi connectivity index (χ1n) is 8.30. The van der Waals surface area contributed by atoms with Crippen molar-refractivity contribution in [3.63, 3.8) is 0 Å². The van der Waals surface area contributed by atoms with E-state index < -0.39 is 0 Å². The molecule has 0 aliphatic carbocycles. The molecule has 2 aromatic rings. The van der Waals surface area contributed by atoms with Gasteiger partial charge in [0.1, 0.15) is 5.75 Å². The summed E-state index contributed by atoms with van der Waals surface area (Å²) in [5, 5.41) is 4.98. The summed E-state index contributed by atoms with van der Waals surface area (Å²) < 4.78 is 11.4. The molecule has 1 N–H and O–H groups in total. The molecule has 5 heteroatoms. The molecule has 1 amide bonds. The zero-order chi connectivity index (χ0) is 16.8. The lowest BCUT2D eigenvalue weighted by Gasteiger charge is -2.15. The highest BCUT2D eigenvalue weighted by Crippen LogP contribution is 2.22. The number of hydrogen-bond donors (Lipinski definition) is 1. The molecular formula is C19H23NO3S. The zero-order valence-corrected chi connectivity index (χ0v) is 14.7. The van der Waals surface area contributed by atoms with Crippen LogP contribution in [0.3, 0.4) is 0 Å². The van der Waals surface area contributed by atoms with Crippen molar-refractivity contribution in [2.24, 2.45) is 5.92 Å². The lowest BCUT2D eigenvalue weighted by atomic mass is 10.1. The predicted octanol–water partition coefficient (Wildman–Crippen LogP) is 3.33. The van der Waals surface area contributed by atoms with Gasteiger partial charge in [-0.15, -0.1) is 11.3 Å². The average Bonchev–Trinajstić information content (AvgIpc) is 3.25. The van der Waals surface area contributed by atoms with Gasteiger partial charge in [0.05, 0.1) is 19.6 Å². The number of ether oxygens (including phenoxy) is 2. The third-order valence-corrected chi connectivity index (χ3v) is 4.99. The van der Waals surface area contributed by atoms with Crippen LogP contribution in [0.1, 0.15) is 22.4 Å². The Bertz CT molecular complexity index is 663. The second-order valence-corrected chi connectivity index (χ2v) is 7.22. The Hall–Kier alpha value is -1.85. The second kappa shape index (κ2) is 8.31. The number of carbonyl (C=O) groups is 1. The van der Waals surface area contributed by atoms with Gasteiger partial charge in [0.25, 0.3) is 0 Å². The van der Waals surface area contributed by atoms with E-state index in [2.05, 4.69) is 5.32 Å². The molecule has 1 unspecified atom stereocenters. The van der Waals surface area contributed by atoms with E-state index in [1.807, 2.05) is 42.6 Å². The molecule has 2 heterocycles. The van der Waals surface area contributed by atoms with Gasteiger partial charge in [0.15, 0.2) is 0 Å². The molecule has 0 radical (unpaired) electrons. The Kier molecular flexibility index (Phi) is 5.88. The van der Waals surface area contributed by atoms with Gasteiger partial charge in [-0.2, -0.15) is 0 Å². The first-order chi connectivity index (χ1) is 11.7. The minimum absolute atomic E-state index is 0.0353. The van der Waals surface area contributed by atoms with Gasteiger partial charge in [0, 0.05) is 29.5 Å². The molecule has 1 aromatic carbocycles. The van der Waals surface area contributed by atoms with Crippen molar-refractivity contribution >= 4 is 17.2 Å². The van der Waals surface area contributed by atoms with Crippen LogP contribution in [0.5, 0.6) is 5.75 Å². The fraction of sp³-hybridized carbons (Fsp3) is 0.421. The molecule has 1 aliphatic heterocycles. The maximum absolute atomic E-state index is 12.1. The van der Waals surface area contributed by atoms with Crippen LogP contribution in [0.15, 0.2) is 35.7 Å². The molecule has 24 heavy (non-hydrogen) atoms. The second-order valence-electron chi connectivity index (χ2n) is 6.18. The van der Waals surface area contributed by atoms with Crippen LogP contribution in [0.25, 0.3) is 0 Å². The third kappa shape index (κ3) is 4.82. The van der Waals surface area contributed by atoms with Crippen LogP contribution < -0.4 is 10.1 Å². The number of hydrogen-bond acceptors (Lipinski definition) is 4. The first-order valence-corrected chi connectivity index (χ1v) is 9.18. The number of aryl methyl sites for hydroxylation is 1. The van der Waals surface area contributed by atoms with Crippen molar-refractivity contribution in [2.45, 2.75) is 26.3 Å². The maximum Gasteiger partial charge on any atom is 0.225 e. The highest BCUT2D eigenvalue weighted by molar-refractivity contribution is 7.10. The smallest absolute Gasteiger partial charge is 0.225 e. The number of benzene rings is 1. The van der Waals surface area contributed by atoms with Crippen LogP contribution in [-0.4, -0.2) is 25.7 Å². The van der Waals surface area contributed by atoms with Gasteiger partial charge in [-0.25, -0.2) is 0 Å². The Morgan fingerprint density at radius 2 is 2.33 bits per heavy atom. The minimum Gasteiger partial charge on any atom is -0.493 e. The molecule has 1 aromatic heterocycles. The molecule has 1 saturated heterocycles. The fourth-order valence-electron chi connectivity index (χ4n) is 2.69. The van der Waals surface area contributed by atoms with E-state index in [1.54, 1.807) is 11.3 Å². The molecule has 0 saturated carbocycles. The van der Waals surface area contributed by atoms with E-state index >= 15 is 0 Å². The van der Waals surface area contributed by atoms with Gasteiger partial charge in [-0.3, -0.25) is 4.79 Å². The van der Waals surface area contributed by atoms with Crippen molar-refractivity contribution in [3.8, 4) is 5.75 Å². The van der Waals surface area contributed by atoms with Gasteiger partial charge < -0.3 is 14.8 Å². The molecule has 1 fully saturated rings. The van der Waals surface area contributed by atoms with Crippen molar-refractivity contribution in [1.82, 2.24) is 5.32 Å². The molecular weight excluding hydrogens is 322 g/mol. The van der Waals surface area contributed by atoms with E-state index in [0.29, 0.717) is 25.5 Å². The highest BCUT2D eigenvalue weighted by Gasteiger charge is 2.17. The van der Waals surface area contributed by atoms with Crippen LogP contribution in [0.2, 0.25) is 0 Å². The molecule has 0 spiro atoms. The summed E-state index contributed by atoms with van der Waals surface area (Å²) in [4.78, 5) is 13.1. The van der Waals surface area contributed by atoms with E-state index in [-0.39, 0.29) is 5.91 Å². The van der Waals surface area contributed by atoms with Crippen molar-refractivity contribution < 1.29 is 14.3 Å². The number of rotatable bonds is 7. The summed E-state index contributed by atoms with van der Waals surface area (Å²) in [5.74, 6) is 1.36. The molecule has 0 bridgehead atoms. The quantitative estimate of drug-likeness (QED) is 0.837. The van der Waals surface area contributed by atoms with Crippen LogP contribution in [0, 0.1) is 12.8 Å². The summed E-state index contributed by atoms with van der Waals surface area (Å²) in [6, 6.07) is 10.1. The van der Waals surface area contributed by atoms with Crippen molar-refractivity contribution in [1.29, 1.82) is 0 Å². The maximum atomic E-state index is 12.1. The molecule has 3 rings (SSSR count). The van der Waals surface area contributed by atoms with Crippen LogP contribution >= 0.6 is 11.3 Å². The Balaban J connectivity index is 1.56. The average molecular weight is 345 g/mol. The first kappa shape index (κ1) is 17.0. The van der Waals surface area contributed by atoms with Crippen molar-refractivity contribution in [2.75, 3.05) is 19.8 Å². The standard InChI is InChI=1S/C19H23NO3S/c1-14-4-5-16(11-20-19(21)10-17-3-2-8-24-17)18(9-14)23-13-15-6-7-22-12-15/h2-5,8-9,15H,6-7,10-13H2,1H3,(H,20,21). The topological polar surface area (TPSA) is 47.6 Å². The van der Waals surface area contributed by atoms with E-state index in [9.17, 15) is 4.79 Å².